The van der Waals surface area contributed by atoms with Gasteiger partial charge in [0.2, 0.25) is 11.8 Å². The molecule has 2 saturated heterocycles. The highest BCUT2D eigenvalue weighted by Crippen LogP contribution is 2.41. The second-order valence-corrected chi connectivity index (χ2v) is 13.4. The van der Waals surface area contributed by atoms with Gasteiger partial charge in [0.15, 0.2) is 0 Å². The van der Waals surface area contributed by atoms with Crippen molar-refractivity contribution in [3.8, 4) is 22.9 Å². The Bertz CT molecular complexity index is 1640. The fourth-order valence-electron chi connectivity index (χ4n) is 6.43. The van der Waals surface area contributed by atoms with Gasteiger partial charge < -0.3 is 24.0 Å². The van der Waals surface area contributed by atoms with E-state index in [1.807, 2.05) is 86.3 Å². The number of fused-ring (bicyclic) bond motifs is 1. The highest BCUT2D eigenvalue weighted by Gasteiger charge is 2.54. The van der Waals surface area contributed by atoms with Gasteiger partial charge in [0.05, 0.1) is 6.04 Å². The van der Waals surface area contributed by atoms with Crippen LogP contribution in [-0.2, 0) is 18.0 Å². The minimum absolute atomic E-state index is 0.173. The molecule has 4 aromatic rings. The SMILES string of the molecule is CC(C)(C)OC(=O)N1CCN(C2CN(c3ccc(-c4ccc(OCc5ccccc5)nc4OCc4ccccc4)cc3)C2)[C@@H]2C[C@@H]21. The van der Waals surface area contributed by atoms with Gasteiger partial charge in [-0.25, -0.2) is 4.79 Å². The Morgan fingerprint density at radius 3 is 2.09 bits per heavy atom. The lowest BCUT2D eigenvalue weighted by atomic mass is 10.0. The summed E-state index contributed by atoms with van der Waals surface area (Å²) in [5, 5.41) is 0. The number of pyridine rings is 1. The lowest BCUT2D eigenvalue weighted by Crippen LogP contribution is -2.63. The molecule has 0 unspecified atom stereocenters. The van der Waals surface area contributed by atoms with Crippen molar-refractivity contribution >= 4 is 11.8 Å². The van der Waals surface area contributed by atoms with E-state index in [0.29, 0.717) is 43.1 Å². The summed E-state index contributed by atoms with van der Waals surface area (Å²) in [6, 6.07) is 34.1. The minimum atomic E-state index is -0.462. The van der Waals surface area contributed by atoms with Crippen LogP contribution in [0.2, 0.25) is 0 Å². The fraction of sp³-hybridized carbons (Fsp3) is 0.368. The van der Waals surface area contributed by atoms with Gasteiger partial charge in [-0.1, -0.05) is 72.8 Å². The molecular weight excluding hydrogens is 576 g/mol. The van der Waals surface area contributed by atoms with Crippen LogP contribution in [0.3, 0.4) is 0 Å². The zero-order valence-corrected chi connectivity index (χ0v) is 26.8. The Kier molecular flexibility index (Phi) is 8.30. The van der Waals surface area contributed by atoms with Crippen LogP contribution in [0, 0.1) is 0 Å². The summed E-state index contributed by atoms with van der Waals surface area (Å²) in [6.45, 7) is 10.3. The quantitative estimate of drug-likeness (QED) is 0.205. The number of nitrogens with zero attached hydrogens (tertiary/aromatic N) is 4. The molecular formula is C38H42N4O4. The van der Waals surface area contributed by atoms with Crippen LogP contribution in [-0.4, -0.2) is 70.8 Å². The van der Waals surface area contributed by atoms with Crippen LogP contribution in [0.1, 0.15) is 38.3 Å². The van der Waals surface area contributed by atoms with E-state index in [1.54, 1.807) is 0 Å². The Labute approximate surface area is 271 Å². The molecule has 0 spiro atoms. The molecule has 3 heterocycles. The molecule has 2 atom stereocenters. The number of piperazine rings is 1. The Morgan fingerprint density at radius 1 is 0.783 bits per heavy atom. The summed E-state index contributed by atoms with van der Waals surface area (Å²) in [7, 11) is 0. The highest BCUT2D eigenvalue weighted by molar-refractivity contribution is 5.71. The summed E-state index contributed by atoms with van der Waals surface area (Å²) < 4.78 is 18.0. The van der Waals surface area contributed by atoms with Gasteiger partial charge in [0.25, 0.3) is 0 Å². The van der Waals surface area contributed by atoms with E-state index in [2.05, 4.69) is 46.2 Å². The lowest BCUT2D eigenvalue weighted by Gasteiger charge is -2.49. The average Bonchev–Trinajstić information content (AvgIpc) is 3.84. The van der Waals surface area contributed by atoms with Crippen molar-refractivity contribution in [1.29, 1.82) is 0 Å². The number of aromatic nitrogens is 1. The van der Waals surface area contributed by atoms with Gasteiger partial charge >= 0.3 is 6.09 Å². The molecule has 2 aliphatic heterocycles. The van der Waals surface area contributed by atoms with Crippen molar-refractivity contribution in [2.75, 3.05) is 31.1 Å². The van der Waals surface area contributed by atoms with Gasteiger partial charge in [-0.15, -0.1) is 0 Å². The van der Waals surface area contributed by atoms with Gasteiger partial charge in [0.1, 0.15) is 18.8 Å². The van der Waals surface area contributed by atoms with E-state index >= 15 is 0 Å². The number of benzene rings is 3. The molecule has 3 fully saturated rings. The maximum Gasteiger partial charge on any atom is 0.410 e. The third-order valence-corrected chi connectivity index (χ3v) is 8.93. The van der Waals surface area contributed by atoms with Crippen LogP contribution < -0.4 is 14.4 Å². The zero-order chi connectivity index (χ0) is 31.7. The summed E-state index contributed by atoms with van der Waals surface area (Å²) in [5.74, 6) is 1.08. The van der Waals surface area contributed by atoms with Crippen molar-refractivity contribution in [3.63, 3.8) is 0 Å². The van der Waals surface area contributed by atoms with Gasteiger partial charge in [-0.2, -0.15) is 4.98 Å². The second-order valence-electron chi connectivity index (χ2n) is 13.4. The van der Waals surface area contributed by atoms with Crippen LogP contribution in [0.15, 0.2) is 97.1 Å². The van der Waals surface area contributed by atoms with Crippen molar-refractivity contribution in [2.24, 2.45) is 0 Å². The zero-order valence-electron chi connectivity index (χ0n) is 26.8. The minimum Gasteiger partial charge on any atom is -0.473 e. The smallest absolute Gasteiger partial charge is 0.410 e. The maximum atomic E-state index is 12.7. The number of rotatable bonds is 9. The monoisotopic (exact) mass is 618 g/mol. The summed E-state index contributed by atoms with van der Waals surface area (Å²) >= 11 is 0. The summed E-state index contributed by atoms with van der Waals surface area (Å²) in [6.07, 6.45) is 0.872. The topological polar surface area (TPSA) is 67.4 Å². The van der Waals surface area contributed by atoms with E-state index < -0.39 is 5.60 Å². The molecule has 238 valence electrons. The molecule has 1 aliphatic carbocycles. The van der Waals surface area contributed by atoms with E-state index in [9.17, 15) is 4.79 Å². The Hall–Kier alpha value is -4.56. The van der Waals surface area contributed by atoms with Gasteiger partial charge in [-0.05, 0) is 62.1 Å². The Morgan fingerprint density at radius 2 is 1.43 bits per heavy atom. The molecule has 3 aliphatic rings. The number of carbonyl (C=O) groups excluding carboxylic acids is 1. The number of ether oxygens (including phenoxy) is 3. The number of anilines is 1. The first-order valence-corrected chi connectivity index (χ1v) is 16.3. The average molecular weight is 619 g/mol. The molecule has 8 nitrogen and oxygen atoms in total. The molecule has 46 heavy (non-hydrogen) atoms. The van der Waals surface area contributed by atoms with Crippen molar-refractivity contribution in [2.45, 2.75) is 64.1 Å². The van der Waals surface area contributed by atoms with Crippen LogP contribution in [0.4, 0.5) is 10.5 Å². The third kappa shape index (κ3) is 6.82. The van der Waals surface area contributed by atoms with Crippen molar-refractivity contribution < 1.29 is 19.0 Å². The molecule has 8 heteroatoms. The third-order valence-electron chi connectivity index (χ3n) is 8.93. The molecule has 7 rings (SSSR count). The summed E-state index contributed by atoms with van der Waals surface area (Å²) in [5.41, 5.74) is 4.89. The fourth-order valence-corrected chi connectivity index (χ4v) is 6.43. The number of hydrogen-bond acceptors (Lipinski definition) is 7. The first-order valence-electron chi connectivity index (χ1n) is 16.3. The Balaban J connectivity index is 0.988. The first-order chi connectivity index (χ1) is 22.3. The highest BCUT2D eigenvalue weighted by atomic mass is 16.6. The van der Waals surface area contributed by atoms with Crippen molar-refractivity contribution in [3.05, 3.63) is 108 Å². The van der Waals surface area contributed by atoms with E-state index in [0.717, 1.165) is 54.9 Å². The first kappa shape index (κ1) is 30.1. The van der Waals surface area contributed by atoms with Crippen molar-refractivity contribution in [1.82, 2.24) is 14.8 Å². The van der Waals surface area contributed by atoms with Crippen LogP contribution in [0.5, 0.6) is 11.8 Å². The van der Waals surface area contributed by atoms with E-state index in [1.165, 1.54) is 5.69 Å². The van der Waals surface area contributed by atoms with E-state index in [-0.39, 0.29) is 6.09 Å². The number of amides is 1. The molecule has 0 radical (unpaired) electrons. The number of hydrogen-bond donors (Lipinski definition) is 0. The van der Waals surface area contributed by atoms with E-state index in [4.69, 9.17) is 19.2 Å². The molecule has 0 bridgehead atoms. The maximum absolute atomic E-state index is 12.7. The standard InChI is InChI=1S/C38H42N4O4/c1-38(2,3)46-37(43)42-21-20-41(33-22-34(33)42)31-23-40(24-31)30-16-14-29(15-17-30)32-18-19-35(44-25-27-10-6-4-7-11-27)39-36(32)45-26-28-12-8-5-9-13-28/h4-19,31,33-34H,20-26H2,1-3H3/t33-,34+/m1/s1. The predicted octanol–water partition coefficient (Wildman–Crippen LogP) is 6.79. The molecule has 1 amide bonds. The normalized spacial score (nSPS) is 19.6. The van der Waals surface area contributed by atoms with Gasteiger partial charge in [0, 0.05) is 55.6 Å². The number of carbonyl (C=O) groups is 1. The second kappa shape index (κ2) is 12.7. The summed E-state index contributed by atoms with van der Waals surface area (Å²) in [4.78, 5) is 24.4. The molecule has 1 saturated carbocycles. The molecule has 0 N–H and O–H groups in total. The van der Waals surface area contributed by atoms with Gasteiger partial charge in [-0.3, -0.25) is 4.90 Å². The van der Waals surface area contributed by atoms with Crippen LogP contribution >= 0.6 is 0 Å². The van der Waals surface area contributed by atoms with Crippen LogP contribution in [0.25, 0.3) is 11.1 Å². The molecule has 3 aromatic carbocycles. The lowest BCUT2D eigenvalue weighted by molar-refractivity contribution is 0.00750. The molecule has 1 aromatic heterocycles. The largest absolute Gasteiger partial charge is 0.473 e. The predicted molar refractivity (Wildman–Crippen MR) is 179 cm³/mol.